The zero-order chi connectivity index (χ0) is 13.2. The summed E-state index contributed by atoms with van der Waals surface area (Å²) < 4.78 is 1.63. The van der Waals surface area contributed by atoms with Gasteiger partial charge in [0, 0.05) is 24.4 Å². The molecule has 0 saturated carbocycles. The van der Waals surface area contributed by atoms with Gasteiger partial charge in [0.05, 0.1) is 0 Å². The predicted molar refractivity (Wildman–Crippen MR) is 71.8 cm³/mol. The molecule has 0 amide bonds. The standard InChI is InChI=1S/C12H11N5OS/c1-17-12(14-15-16-17)19-7-8-4-5-10(18)11-9(8)3-2-6-13-11/h2-6,18H,7H2,1H3. The van der Waals surface area contributed by atoms with Crippen LogP contribution in [0.1, 0.15) is 5.56 Å². The second kappa shape index (κ2) is 4.85. The molecule has 0 radical (unpaired) electrons. The van der Waals surface area contributed by atoms with E-state index >= 15 is 0 Å². The first-order chi connectivity index (χ1) is 9.25. The molecule has 96 valence electrons. The Labute approximate surface area is 113 Å². The Bertz CT molecular complexity index is 727. The molecule has 0 atom stereocenters. The van der Waals surface area contributed by atoms with E-state index in [0.717, 1.165) is 21.9 Å². The number of hydrogen-bond acceptors (Lipinski definition) is 6. The van der Waals surface area contributed by atoms with Crippen LogP contribution < -0.4 is 0 Å². The minimum atomic E-state index is 0.199. The topological polar surface area (TPSA) is 76.7 Å². The summed E-state index contributed by atoms with van der Waals surface area (Å²) >= 11 is 1.54. The SMILES string of the molecule is Cn1nnnc1SCc1ccc(O)c2ncccc12. The molecule has 7 heteroatoms. The van der Waals surface area contributed by atoms with Gasteiger partial charge in [0.25, 0.3) is 0 Å². The van der Waals surface area contributed by atoms with Crippen molar-refractivity contribution in [3.63, 3.8) is 0 Å². The summed E-state index contributed by atoms with van der Waals surface area (Å²) in [7, 11) is 1.80. The summed E-state index contributed by atoms with van der Waals surface area (Å²) in [6, 6.07) is 7.38. The van der Waals surface area contributed by atoms with Crippen LogP contribution in [-0.4, -0.2) is 30.3 Å². The number of rotatable bonds is 3. The first-order valence-corrected chi connectivity index (χ1v) is 6.65. The lowest BCUT2D eigenvalue weighted by atomic mass is 10.1. The molecule has 3 rings (SSSR count). The van der Waals surface area contributed by atoms with E-state index in [2.05, 4.69) is 20.5 Å². The third-order valence-electron chi connectivity index (χ3n) is 2.78. The lowest BCUT2D eigenvalue weighted by molar-refractivity contribution is 0.480. The van der Waals surface area contributed by atoms with Crippen molar-refractivity contribution in [2.45, 2.75) is 10.9 Å². The van der Waals surface area contributed by atoms with Crippen LogP contribution in [0.5, 0.6) is 5.75 Å². The van der Waals surface area contributed by atoms with Crippen molar-refractivity contribution in [3.05, 3.63) is 36.0 Å². The lowest BCUT2D eigenvalue weighted by Gasteiger charge is -2.06. The van der Waals surface area contributed by atoms with Gasteiger partial charge in [-0.2, -0.15) is 0 Å². The van der Waals surface area contributed by atoms with Gasteiger partial charge in [0.1, 0.15) is 11.3 Å². The molecule has 0 aliphatic carbocycles. The Morgan fingerprint density at radius 3 is 3.00 bits per heavy atom. The summed E-state index contributed by atoms with van der Waals surface area (Å²) in [5, 5.41) is 22.8. The first-order valence-electron chi connectivity index (χ1n) is 5.66. The van der Waals surface area contributed by atoms with E-state index in [1.807, 2.05) is 18.2 Å². The van der Waals surface area contributed by atoms with Gasteiger partial charge in [-0.05, 0) is 28.1 Å². The number of pyridine rings is 1. The lowest BCUT2D eigenvalue weighted by Crippen LogP contribution is -1.94. The number of thioether (sulfide) groups is 1. The smallest absolute Gasteiger partial charge is 0.209 e. The molecule has 3 aromatic rings. The highest BCUT2D eigenvalue weighted by Crippen LogP contribution is 2.29. The van der Waals surface area contributed by atoms with Crippen LogP contribution in [0.2, 0.25) is 0 Å². The first kappa shape index (κ1) is 11.9. The molecule has 2 heterocycles. The molecule has 0 bridgehead atoms. The van der Waals surface area contributed by atoms with Crippen molar-refractivity contribution < 1.29 is 5.11 Å². The number of hydrogen-bond donors (Lipinski definition) is 1. The van der Waals surface area contributed by atoms with Crippen molar-refractivity contribution in [3.8, 4) is 5.75 Å². The van der Waals surface area contributed by atoms with E-state index in [9.17, 15) is 5.11 Å². The molecule has 19 heavy (non-hydrogen) atoms. The quantitative estimate of drug-likeness (QED) is 0.733. The summed E-state index contributed by atoms with van der Waals surface area (Å²) in [4.78, 5) is 4.20. The molecule has 0 spiro atoms. The van der Waals surface area contributed by atoms with E-state index in [0.29, 0.717) is 5.52 Å². The van der Waals surface area contributed by atoms with Gasteiger partial charge < -0.3 is 5.11 Å². The van der Waals surface area contributed by atoms with Crippen LogP contribution in [0.25, 0.3) is 10.9 Å². The van der Waals surface area contributed by atoms with Crippen molar-refractivity contribution in [2.24, 2.45) is 7.05 Å². The number of aromatic hydroxyl groups is 1. The van der Waals surface area contributed by atoms with Gasteiger partial charge in [0.15, 0.2) is 0 Å². The predicted octanol–water partition coefficient (Wildman–Crippen LogP) is 1.76. The van der Waals surface area contributed by atoms with E-state index in [1.54, 1.807) is 35.8 Å². The summed E-state index contributed by atoms with van der Waals surface area (Å²) in [6.45, 7) is 0. The van der Waals surface area contributed by atoms with Crippen LogP contribution in [0, 0.1) is 0 Å². The average molecular weight is 273 g/mol. The second-order valence-electron chi connectivity index (χ2n) is 4.02. The number of fused-ring (bicyclic) bond motifs is 1. The van der Waals surface area contributed by atoms with Gasteiger partial charge >= 0.3 is 0 Å². The van der Waals surface area contributed by atoms with Gasteiger partial charge in [0.2, 0.25) is 5.16 Å². The van der Waals surface area contributed by atoms with Crippen molar-refractivity contribution in [2.75, 3.05) is 0 Å². The van der Waals surface area contributed by atoms with Gasteiger partial charge in [-0.25, -0.2) is 4.68 Å². The highest BCUT2D eigenvalue weighted by Gasteiger charge is 2.08. The van der Waals surface area contributed by atoms with Crippen LogP contribution >= 0.6 is 11.8 Å². The Balaban J connectivity index is 1.93. The number of phenolic OH excluding ortho intramolecular Hbond substituents is 1. The Morgan fingerprint density at radius 2 is 2.21 bits per heavy atom. The monoisotopic (exact) mass is 273 g/mol. The van der Waals surface area contributed by atoms with E-state index in [-0.39, 0.29) is 5.75 Å². The summed E-state index contributed by atoms with van der Waals surface area (Å²) in [5.41, 5.74) is 1.71. The number of benzene rings is 1. The van der Waals surface area contributed by atoms with Gasteiger partial charge in [-0.3, -0.25) is 4.98 Å². The molecule has 6 nitrogen and oxygen atoms in total. The largest absolute Gasteiger partial charge is 0.506 e. The fraction of sp³-hybridized carbons (Fsp3) is 0.167. The minimum absolute atomic E-state index is 0.199. The molecular weight excluding hydrogens is 262 g/mol. The van der Waals surface area contributed by atoms with Crippen molar-refractivity contribution >= 4 is 22.7 Å². The third-order valence-corrected chi connectivity index (χ3v) is 3.84. The van der Waals surface area contributed by atoms with Crippen molar-refractivity contribution in [1.29, 1.82) is 0 Å². The average Bonchev–Trinajstić information content (AvgIpc) is 2.84. The number of phenols is 1. The van der Waals surface area contributed by atoms with Gasteiger partial charge in [-0.1, -0.05) is 23.9 Å². The van der Waals surface area contributed by atoms with E-state index in [4.69, 9.17) is 0 Å². The minimum Gasteiger partial charge on any atom is -0.506 e. The highest BCUT2D eigenvalue weighted by atomic mass is 32.2. The molecule has 0 fully saturated rings. The van der Waals surface area contributed by atoms with E-state index < -0.39 is 0 Å². The highest BCUT2D eigenvalue weighted by molar-refractivity contribution is 7.98. The maximum absolute atomic E-state index is 9.79. The van der Waals surface area contributed by atoms with Crippen LogP contribution in [0.3, 0.4) is 0 Å². The van der Waals surface area contributed by atoms with Crippen LogP contribution in [0.4, 0.5) is 0 Å². The van der Waals surface area contributed by atoms with Crippen molar-refractivity contribution in [1.82, 2.24) is 25.2 Å². The Morgan fingerprint density at radius 1 is 1.32 bits per heavy atom. The Kier molecular flexibility index (Phi) is 3.04. The molecule has 0 aliphatic heterocycles. The fourth-order valence-corrected chi connectivity index (χ4v) is 2.68. The molecule has 0 unspecified atom stereocenters. The molecule has 1 N–H and O–H groups in total. The molecule has 0 saturated heterocycles. The molecule has 0 aliphatic rings. The molecular formula is C12H11N5OS. The number of aryl methyl sites for hydroxylation is 1. The molecule has 2 aromatic heterocycles. The second-order valence-corrected chi connectivity index (χ2v) is 4.96. The maximum atomic E-state index is 9.79. The molecule has 1 aromatic carbocycles. The van der Waals surface area contributed by atoms with E-state index in [1.165, 1.54) is 0 Å². The fourth-order valence-electron chi connectivity index (χ4n) is 1.83. The summed E-state index contributed by atoms with van der Waals surface area (Å²) in [5.74, 6) is 0.918. The normalized spacial score (nSPS) is 11.0. The maximum Gasteiger partial charge on any atom is 0.209 e. The van der Waals surface area contributed by atoms with Gasteiger partial charge in [-0.15, -0.1) is 5.10 Å². The number of aromatic nitrogens is 5. The Hall–Kier alpha value is -2.15. The van der Waals surface area contributed by atoms with Crippen LogP contribution in [0.15, 0.2) is 35.6 Å². The number of tetrazole rings is 1. The number of nitrogens with zero attached hydrogens (tertiary/aromatic N) is 5. The van der Waals surface area contributed by atoms with Crippen LogP contribution in [-0.2, 0) is 12.8 Å². The third kappa shape index (κ3) is 2.24. The summed E-state index contributed by atoms with van der Waals surface area (Å²) in [6.07, 6.45) is 1.67. The zero-order valence-electron chi connectivity index (χ0n) is 10.2. The zero-order valence-corrected chi connectivity index (χ0v) is 11.0.